The van der Waals surface area contributed by atoms with Crippen molar-refractivity contribution in [3.63, 3.8) is 0 Å². The topological polar surface area (TPSA) is 26.3 Å². The summed E-state index contributed by atoms with van der Waals surface area (Å²) < 4.78 is 32.8. The van der Waals surface area contributed by atoms with Crippen molar-refractivity contribution in [1.82, 2.24) is 0 Å². The highest BCUT2D eigenvalue weighted by atomic mass is 79.9. The van der Waals surface area contributed by atoms with Crippen LogP contribution in [0.2, 0.25) is 0 Å². The lowest BCUT2D eigenvalue weighted by molar-refractivity contribution is 0.0978. The highest BCUT2D eigenvalue weighted by Crippen LogP contribution is 2.24. The Morgan fingerprint density at radius 3 is 2.45 bits per heavy atom. The van der Waals surface area contributed by atoms with Gasteiger partial charge in [-0.3, -0.25) is 4.79 Å². The molecule has 0 aromatic heterocycles. The van der Waals surface area contributed by atoms with Crippen LogP contribution in [-0.4, -0.2) is 29.0 Å². The van der Waals surface area contributed by atoms with Crippen LogP contribution in [0, 0.1) is 11.6 Å². The molecule has 0 N–H and O–H groups in total. The summed E-state index contributed by atoms with van der Waals surface area (Å²) in [6.07, 6.45) is 0.841. The van der Waals surface area contributed by atoms with Crippen LogP contribution in [0.1, 0.15) is 23.2 Å². The average molecular weight is 390 g/mol. The predicted octanol–water partition coefficient (Wildman–Crippen LogP) is 4.55. The van der Waals surface area contributed by atoms with E-state index < -0.39 is 28.4 Å². The first-order valence-electron chi connectivity index (χ1n) is 5.93. The first kappa shape index (κ1) is 17.7. The summed E-state index contributed by atoms with van der Waals surface area (Å²) in [6, 6.07) is 1.95. The molecule has 1 rings (SSSR count). The Bertz CT molecular complexity index is 449. The molecule has 7 heteroatoms. The Labute approximate surface area is 134 Å². The Hall–Kier alpha value is -0.390. The molecule has 0 amide bonds. The molecule has 1 aromatic carbocycles. The highest BCUT2D eigenvalue weighted by Gasteiger charge is 2.24. The molecule has 0 aliphatic rings. The summed E-state index contributed by atoms with van der Waals surface area (Å²) in [6.45, 7) is 0.247. The van der Waals surface area contributed by atoms with Crippen LogP contribution in [0.3, 0.4) is 0 Å². The molecule has 0 saturated heterocycles. The lowest BCUT2D eigenvalue weighted by Gasteiger charge is -2.11. The van der Waals surface area contributed by atoms with Gasteiger partial charge >= 0.3 is 0 Å². The number of ether oxygens (including phenoxy) is 1. The second-order valence-corrected chi connectivity index (χ2v) is 5.66. The fourth-order valence-corrected chi connectivity index (χ4v) is 2.55. The fourth-order valence-electron chi connectivity index (χ4n) is 1.50. The zero-order chi connectivity index (χ0) is 15.1. The van der Waals surface area contributed by atoms with Crippen molar-refractivity contribution >= 4 is 44.9 Å². The van der Waals surface area contributed by atoms with Crippen molar-refractivity contribution in [1.29, 1.82) is 0 Å². The maximum absolute atomic E-state index is 13.8. The van der Waals surface area contributed by atoms with Crippen molar-refractivity contribution in [2.45, 2.75) is 18.2 Å². The van der Waals surface area contributed by atoms with E-state index in [2.05, 4.69) is 15.9 Å². The van der Waals surface area contributed by atoms with Gasteiger partial charge < -0.3 is 4.74 Å². The van der Waals surface area contributed by atoms with Gasteiger partial charge in [0.05, 0.1) is 17.5 Å². The van der Waals surface area contributed by atoms with Gasteiger partial charge in [0.1, 0.15) is 17.4 Å². The van der Waals surface area contributed by atoms with Crippen molar-refractivity contribution in [3.05, 3.63) is 29.3 Å². The van der Waals surface area contributed by atoms with Crippen LogP contribution in [0.4, 0.5) is 8.78 Å². The minimum Gasteiger partial charge on any atom is -0.493 e. The fraction of sp³-hybridized carbons (Fsp3) is 0.462. The van der Waals surface area contributed by atoms with Crippen LogP contribution >= 0.6 is 39.1 Å². The van der Waals surface area contributed by atoms with Crippen LogP contribution in [0.25, 0.3) is 0 Å². The predicted molar refractivity (Wildman–Crippen MR) is 79.6 cm³/mol. The van der Waals surface area contributed by atoms with Gasteiger partial charge in [0, 0.05) is 23.3 Å². The molecule has 0 saturated carbocycles. The van der Waals surface area contributed by atoms with E-state index in [1.54, 1.807) is 0 Å². The maximum atomic E-state index is 13.8. The molecule has 2 nitrogen and oxygen atoms in total. The molecule has 1 unspecified atom stereocenters. The third kappa shape index (κ3) is 4.86. The molecular weight excluding hydrogens is 377 g/mol. The van der Waals surface area contributed by atoms with Gasteiger partial charge in [-0.25, -0.2) is 8.78 Å². The van der Waals surface area contributed by atoms with Gasteiger partial charge in [0.25, 0.3) is 0 Å². The molecule has 0 heterocycles. The third-order valence-corrected chi connectivity index (χ3v) is 3.60. The largest absolute Gasteiger partial charge is 0.493 e. The van der Waals surface area contributed by atoms with Crippen molar-refractivity contribution in [3.8, 4) is 5.75 Å². The normalized spacial score (nSPS) is 12.2. The number of carbonyl (C=O) groups is 1. The first-order chi connectivity index (χ1) is 9.51. The van der Waals surface area contributed by atoms with Gasteiger partial charge in [-0.2, -0.15) is 0 Å². The molecule has 1 aromatic rings. The molecule has 0 aliphatic carbocycles. The second-order valence-electron chi connectivity index (χ2n) is 3.96. The molecule has 1 atom stereocenters. The number of carbonyl (C=O) groups excluding carboxylic acids is 1. The SMILES string of the molecule is O=C(c1c(F)cc(OCCCCl)cc1F)C(Cl)CCBr. The number of halogens is 5. The molecule has 20 heavy (non-hydrogen) atoms. The van der Waals surface area contributed by atoms with Crippen LogP contribution in [0.15, 0.2) is 12.1 Å². The van der Waals surface area contributed by atoms with Gasteiger partial charge in [-0.15, -0.1) is 23.2 Å². The first-order valence-corrected chi connectivity index (χ1v) is 8.02. The maximum Gasteiger partial charge on any atom is 0.186 e. The van der Waals surface area contributed by atoms with E-state index in [1.807, 2.05) is 0 Å². The number of rotatable bonds is 8. The lowest BCUT2D eigenvalue weighted by Crippen LogP contribution is -2.18. The van der Waals surface area contributed by atoms with E-state index in [0.717, 1.165) is 12.1 Å². The molecule has 0 spiro atoms. The molecule has 0 bridgehead atoms. The number of alkyl halides is 3. The monoisotopic (exact) mass is 388 g/mol. The van der Waals surface area contributed by atoms with Gasteiger partial charge in [0.15, 0.2) is 5.78 Å². The minimum absolute atomic E-state index is 0.0216. The summed E-state index contributed by atoms with van der Waals surface area (Å²) in [7, 11) is 0. The summed E-state index contributed by atoms with van der Waals surface area (Å²) in [5.41, 5.74) is -0.629. The summed E-state index contributed by atoms with van der Waals surface area (Å²) in [5.74, 6) is -2.31. The van der Waals surface area contributed by atoms with E-state index in [0.29, 0.717) is 17.6 Å². The van der Waals surface area contributed by atoms with Crippen LogP contribution in [0.5, 0.6) is 5.75 Å². The van der Waals surface area contributed by atoms with Crippen LogP contribution in [-0.2, 0) is 0 Å². The Kier molecular flexibility index (Phi) is 7.77. The molecule has 112 valence electrons. The van der Waals surface area contributed by atoms with E-state index in [1.165, 1.54) is 0 Å². The van der Waals surface area contributed by atoms with E-state index in [4.69, 9.17) is 27.9 Å². The molecular formula is C13H13BrCl2F2O2. The highest BCUT2D eigenvalue weighted by molar-refractivity contribution is 9.09. The van der Waals surface area contributed by atoms with E-state index >= 15 is 0 Å². The third-order valence-electron chi connectivity index (χ3n) is 2.46. The Morgan fingerprint density at radius 1 is 1.35 bits per heavy atom. The van der Waals surface area contributed by atoms with Gasteiger partial charge in [-0.1, -0.05) is 15.9 Å². The summed E-state index contributed by atoms with van der Waals surface area (Å²) in [5, 5.41) is -0.503. The number of hydrogen-bond acceptors (Lipinski definition) is 2. The van der Waals surface area contributed by atoms with E-state index in [9.17, 15) is 13.6 Å². The van der Waals surface area contributed by atoms with Crippen LogP contribution < -0.4 is 4.74 Å². The van der Waals surface area contributed by atoms with Crippen molar-refractivity contribution < 1.29 is 18.3 Å². The smallest absolute Gasteiger partial charge is 0.186 e. The zero-order valence-electron chi connectivity index (χ0n) is 10.5. The van der Waals surface area contributed by atoms with Gasteiger partial charge in [0.2, 0.25) is 0 Å². The van der Waals surface area contributed by atoms with Gasteiger partial charge in [-0.05, 0) is 12.8 Å². The lowest BCUT2D eigenvalue weighted by atomic mass is 10.0. The molecule has 0 radical (unpaired) electrons. The van der Waals surface area contributed by atoms with E-state index in [-0.39, 0.29) is 18.8 Å². The quantitative estimate of drug-likeness (QED) is 0.370. The number of benzene rings is 1. The minimum atomic E-state index is -0.976. The number of ketones is 1. The zero-order valence-corrected chi connectivity index (χ0v) is 13.6. The number of Topliss-reactive ketones (excluding diaryl/α,β-unsaturated/α-hetero) is 1. The Morgan fingerprint density at radius 2 is 1.95 bits per heavy atom. The average Bonchev–Trinajstić information content (AvgIpc) is 2.38. The van der Waals surface area contributed by atoms with Crippen molar-refractivity contribution in [2.24, 2.45) is 0 Å². The number of hydrogen-bond donors (Lipinski definition) is 0. The van der Waals surface area contributed by atoms with Crippen molar-refractivity contribution in [2.75, 3.05) is 17.8 Å². The standard InChI is InChI=1S/C13H13BrCl2F2O2/c14-3-2-9(16)13(19)12-10(17)6-8(7-11(12)18)20-5-1-4-15/h6-7,9H,1-5H2. The molecule has 0 aliphatic heterocycles. The Balaban J connectivity index is 2.91. The molecule has 0 fully saturated rings. The summed E-state index contributed by atoms with van der Waals surface area (Å²) in [4.78, 5) is 11.9. The second kappa shape index (κ2) is 8.80. The summed E-state index contributed by atoms with van der Waals surface area (Å²) >= 11 is 14.4.